The maximum Gasteiger partial charge on any atom is 0.124 e. The Morgan fingerprint density at radius 2 is 1.81 bits per heavy atom. The van der Waals surface area contributed by atoms with Crippen LogP contribution < -0.4 is 10.1 Å². The van der Waals surface area contributed by atoms with Gasteiger partial charge in [0.25, 0.3) is 0 Å². The highest BCUT2D eigenvalue weighted by molar-refractivity contribution is 7.09. The standard InChI is InChI=1S/C17H24N2OS/c1-11(2)20-16-9-7-6-8-15(16)12(3)19-14(5)17-13(4)18-10-21-17/h6-12,14,19H,1-5H3. The molecule has 0 spiro atoms. The predicted molar refractivity (Wildman–Crippen MR) is 89.0 cm³/mol. The van der Waals surface area contributed by atoms with Crippen molar-refractivity contribution in [1.29, 1.82) is 0 Å². The van der Waals surface area contributed by atoms with Gasteiger partial charge in [0.15, 0.2) is 0 Å². The third-order valence-corrected chi connectivity index (χ3v) is 4.54. The van der Waals surface area contributed by atoms with Crippen LogP contribution in [0.15, 0.2) is 29.8 Å². The number of aromatic nitrogens is 1. The van der Waals surface area contributed by atoms with Gasteiger partial charge in [0.2, 0.25) is 0 Å². The van der Waals surface area contributed by atoms with E-state index in [-0.39, 0.29) is 18.2 Å². The molecule has 114 valence electrons. The van der Waals surface area contributed by atoms with Gasteiger partial charge in [-0.1, -0.05) is 18.2 Å². The van der Waals surface area contributed by atoms with E-state index in [1.54, 1.807) is 11.3 Å². The number of nitrogens with zero attached hydrogens (tertiary/aromatic N) is 1. The molecular weight excluding hydrogens is 280 g/mol. The van der Waals surface area contributed by atoms with Gasteiger partial charge in [0, 0.05) is 22.5 Å². The van der Waals surface area contributed by atoms with E-state index in [1.807, 2.05) is 17.6 Å². The summed E-state index contributed by atoms with van der Waals surface area (Å²) in [5.74, 6) is 0.959. The summed E-state index contributed by atoms with van der Waals surface area (Å²) in [7, 11) is 0. The number of hydrogen-bond donors (Lipinski definition) is 1. The molecule has 21 heavy (non-hydrogen) atoms. The van der Waals surface area contributed by atoms with Crippen molar-refractivity contribution < 1.29 is 4.74 Å². The van der Waals surface area contributed by atoms with Gasteiger partial charge in [0.05, 0.1) is 17.3 Å². The number of nitrogens with one attached hydrogen (secondary N) is 1. The molecule has 0 saturated heterocycles. The Hall–Kier alpha value is -1.39. The Labute approximate surface area is 131 Å². The minimum atomic E-state index is 0.180. The Morgan fingerprint density at radius 3 is 2.43 bits per heavy atom. The highest BCUT2D eigenvalue weighted by Crippen LogP contribution is 2.29. The predicted octanol–water partition coefficient (Wildman–Crippen LogP) is 4.65. The Morgan fingerprint density at radius 1 is 1.10 bits per heavy atom. The molecule has 0 radical (unpaired) electrons. The average Bonchev–Trinajstić information content (AvgIpc) is 2.85. The number of hydrogen-bond acceptors (Lipinski definition) is 4. The van der Waals surface area contributed by atoms with Crippen molar-refractivity contribution in [1.82, 2.24) is 10.3 Å². The van der Waals surface area contributed by atoms with Gasteiger partial charge in [0.1, 0.15) is 5.75 Å². The van der Waals surface area contributed by atoms with Crippen molar-refractivity contribution >= 4 is 11.3 Å². The molecule has 0 bridgehead atoms. The molecular formula is C17H24N2OS. The zero-order valence-corrected chi connectivity index (χ0v) is 14.2. The van der Waals surface area contributed by atoms with Crippen molar-refractivity contribution in [3.05, 3.63) is 45.9 Å². The van der Waals surface area contributed by atoms with Gasteiger partial charge in [-0.3, -0.25) is 0 Å². The fourth-order valence-corrected chi connectivity index (χ4v) is 3.29. The van der Waals surface area contributed by atoms with E-state index in [0.717, 1.165) is 11.4 Å². The highest BCUT2D eigenvalue weighted by atomic mass is 32.1. The van der Waals surface area contributed by atoms with E-state index in [0.29, 0.717) is 0 Å². The molecule has 4 heteroatoms. The maximum absolute atomic E-state index is 5.91. The fraction of sp³-hybridized carbons (Fsp3) is 0.471. The molecule has 1 aromatic carbocycles. The van der Waals surface area contributed by atoms with Crippen LogP contribution in [0.5, 0.6) is 5.75 Å². The lowest BCUT2D eigenvalue weighted by Gasteiger charge is -2.23. The molecule has 0 fully saturated rings. The minimum Gasteiger partial charge on any atom is -0.491 e. The van der Waals surface area contributed by atoms with Crippen molar-refractivity contribution in [3.63, 3.8) is 0 Å². The summed E-state index contributed by atoms with van der Waals surface area (Å²) in [6.45, 7) is 10.5. The van der Waals surface area contributed by atoms with E-state index in [2.05, 4.69) is 57.1 Å². The number of rotatable bonds is 6. The van der Waals surface area contributed by atoms with E-state index in [4.69, 9.17) is 4.74 Å². The second-order valence-corrected chi connectivity index (χ2v) is 6.50. The first-order chi connectivity index (χ1) is 9.99. The summed E-state index contributed by atoms with van der Waals surface area (Å²) < 4.78 is 5.91. The molecule has 0 amide bonds. The molecule has 0 saturated carbocycles. The zero-order valence-electron chi connectivity index (χ0n) is 13.4. The van der Waals surface area contributed by atoms with Crippen LogP contribution >= 0.6 is 11.3 Å². The van der Waals surface area contributed by atoms with E-state index >= 15 is 0 Å². The zero-order chi connectivity index (χ0) is 15.4. The van der Waals surface area contributed by atoms with Crippen LogP contribution in [0.4, 0.5) is 0 Å². The molecule has 1 N–H and O–H groups in total. The monoisotopic (exact) mass is 304 g/mol. The quantitative estimate of drug-likeness (QED) is 0.843. The van der Waals surface area contributed by atoms with Crippen molar-refractivity contribution in [2.75, 3.05) is 0 Å². The molecule has 3 nitrogen and oxygen atoms in total. The van der Waals surface area contributed by atoms with E-state index < -0.39 is 0 Å². The van der Waals surface area contributed by atoms with Crippen LogP contribution in [0, 0.1) is 6.92 Å². The Balaban J connectivity index is 2.13. The molecule has 0 aliphatic rings. The first-order valence-corrected chi connectivity index (χ1v) is 8.28. The lowest BCUT2D eigenvalue weighted by atomic mass is 10.1. The number of para-hydroxylation sites is 1. The molecule has 2 atom stereocenters. The van der Waals surface area contributed by atoms with Gasteiger partial charge in [-0.2, -0.15) is 0 Å². The van der Waals surface area contributed by atoms with E-state index in [1.165, 1.54) is 10.4 Å². The summed E-state index contributed by atoms with van der Waals surface area (Å²) in [6, 6.07) is 8.74. The normalized spacial score (nSPS) is 14.2. The number of benzene rings is 1. The average molecular weight is 304 g/mol. The molecule has 0 aliphatic carbocycles. The van der Waals surface area contributed by atoms with E-state index in [9.17, 15) is 0 Å². The number of ether oxygens (including phenoxy) is 1. The lowest BCUT2D eigenvalue weighted by molar-refractivity contribution is 0.237. The van der Waals surface area contributed by atoms with Gasteiger partial charge in [-0.25, -0.2) is 4.98 Å². The third-order valence-electron chi connectivity index (χ3n) is 3.42. The Kier molecular flexibility index (Phi) is 5.37. The molecule has 0 aliphatic heterocycles. The van der Waals surface area contributed by atoms with Gasteiger partial charge < -0.3 is 10.1 Å². The Bertz CT molecular complexity index is 580. The van der Waals surface area contributed by atoms with Crippen molar-refractivity contribution in [3.8, 4) is 5.75 Å². The molecule has 2 unspecified atom stereocenters. The summed E-state index contributed by atoms with van der Waals surface area (Å²) in [4.78, 5) is 5.62. The van der Waals surface area contributed by atoms with Crippen LogP contribution in [-0.4, -0.2) is 11.1 Å². The SMILES string of the molecule is Cc1ncsc1C(C)NC(C)c1ccccc1OC(C)C. The van der Waals surface area contributed by atoms with Crippen LogP contribution in [-0.2, 0) is 0 Å². The molecule has 2 rings (SSSR count). The summed E-state index contributed by atoms with van der Waals surface area (Å²) >= 11 is 1.70. The van der Waals surface area contributed by atoms with Gasteiger partial charge in [-0.15, -0.1) is 11.3 Å². The second kappa shape index (κ2) is 7.05. The van der Waals surface area contributed by atoms with Crippen LogP contribution in [0.3, 0.4) is 0 Å². The molecule has 1 heterocycles. The number of aryl methyl sites for hydroxylation is 1. The second-order valence-electron chi connectivity index (χ2n) is 5.62. The lowest BCUT2D eigenvalue weighted by Crippen LogP contribution is -2.23. The van der Waals surface area contributed by atoms with Crippen LogP contribution in [0.25, 0.3) is 0 Å². The third kappa shape index (κ3) is 4.05. The summed E-state index contributed by atoms with van der Waals surface area (Å²) in [6.07, 6.45) is 0.180. The van der Waals surface area contributed by atoms with Gasteiger partial charge in [-0.05, 0) is 40.7 Å². The highest BCUT2D eigenvalue weighted by Gasteiger charge is 2.17. The summed E-state index contributed by atoms with van der Waals surface area (Å²) in [5, 5.41) is 3.64. The first-order valence-electron chi connectivity index (χ1n) is 7.40. The number of thiazole rings is 1. The smallest absolute Gasteiger partial charge is 0.124 e. The fourth-order valence-electron chi connectivity index (χ4n) is 2.47. The van der Waals surface area contributed by atoms with Crippen LogP contribution in [0.2, 0.25) is 0 Å². The summed E-state index contributed by atoms with van der Waals surface area (Å²) in [5.41, 5.74) is 4.21. The van der Waals surface area contributed by atoms with Gasteiger partial charge >= 0.3 is 0 Å². The van der Waals surface area contributed by atoms with Crippen LogP contribution in [0.1, 0.15) is 55.9 Å². The largest absolute Gasteiger partial charge is 0.491 e. The van der Waals surface area contributed by atoms with Crippen molar-refractivity contribution in [2.45, 2.75) is 52.8 Å². The topological polar surface area (TPSA) is 34.2 Å². The minimum absolute atomic E-state index is 0.180. The maximum atomic E-state index is 5.91. The first kappa shape index (κ1) is 16.0. The van der Waals surface area contributed by atoms with Crippen molar-refractivity contribution in [2.24, 2.45) is 0 Å². The molecule has 2 aromatic rings. The molecule has 1 aromatic heterocycles.